The fraction of sp³-hybridized carbons (Fsp3) is 0.211. The molecule has 0 N–H and O–H groups in total. The first-order valence-corrected chi connectivity index (χ1v) is 7.19. The van der Waals surface area contributed by atoms with Crippen LogP contribution in [0.3, 0.4) is 0 Å². The highest BCUT2D eigenvalue weighted by Crippen LogP contribution is 2.16. The van der Waals surface area contributed by atoms with E-state index in [-0.39, 0.29) is 5.69 Å². The molecule has 1 aromatic carbocycles. The molecule has 4 heteroatoms. The van der Waals surface area contributed by atoms with Gasteiger partial charge in [-0.05, 0) is 57.0 Å². The number of nitro groups is 1. The number of allylic oxidation sites excluding steroid dienone is 7. The van der Waals surface area contributed by atoms with E-state index < -0.39 is 4.92 Å². The molecule has 23 heavy (non-hydrogen) atoms. The molecule has 0 radical (unpaired) electrons. The van der Waals surface area contributed by atoms with Gasteiger partial charge in [0.25, 0.3) is 5.69 Å². The Labute approximate surface area is 136 Å². The zero-order valence-electron chi connectivity index (χ0n) is 13.8. The van der Waals surface area contributed by atoms with Gasteiger partial charge in [0.2, 0.25) is 0 Å². The standard InChI is InChI=1S/C19H20N2O2/c1-14(9-15(2)11-17(4)13-20)10-16(3)12-18-5-7-19(8-6-18)21(22)23/h5-12H,1-4H3/b14-10+,15-9+,16-12+,17-11-. The Balaban J connectivity index is 2.92. The van der Waals surface area contributed by atoms with Crippen molar-refractivity contribution in [2.75, 3.05) is 0 Å². The Morgan fingerprint density at radius 2 is 1.52 bits per heavy atom. The second-order valence-electron chi connectivity index (χ2n) is 5.45. The maximum atomic E-state index is 10.6. The fourth-order valence-electron chi connectivity index (χ4n) is 2.17. The van der Waals surface area contributed by atoms with Crippen LogP contribution in [0.4, 0.5) is 5.69 Å². The number of benzene rings is 1. The second kappa shape index (κ2) is 8.50. The van der Waals surface area contributed by atoms with Crippen LogP contribution in [0.1, 0.15) is 33.3 Å². The van der Waals surface area contributed by atoms with Crippen molar-refractivity contribution in [2.24, 2.45) is 0 Å². The van der Waals surface area contributed by atoms with Gasteiger partial charge in [-0.15, -0.1) is 0 Å². The van der Waals surface area contributed by atoms with Gasteiger partial charge in [0, 0.05) is 17.7 Å². The van der Waals surface area contributed by atoms with Gasteiger partial charge < -0.3 is 0 Å². The average Bonchev–Trinajstić information content (AvgIpc) is 2.46. The lowest BCUT2D eigenvalue weighted by Crippen LogP contribution is -1.86. The van der Waals surface area contributed by atoms with Crippen LogP contribution in [-0.4, -0.2) is 4.92 Å². The van der Waals surface area contributed by atoms with E-state index in [9.17, 15) is 10.1 Å². The Kier molecular flexibility index (Phi) is 6.69. The summed E-state index contributed by atoms with van der Waals surface area (Å²) < 4.78 is 0. The van der Waals surface area contributed by atoms with Crippen molar-refractivity contribution < 1.29 is 4.92 Å². The molecule has 0 aromatic heterocycles. The topological polar surface area (TPSA) is 66.9 Å². The van der Waals surface area contributed by atoms with E-state index in [1.165, 1.54) is 12.1 Å². The summed E-state index contributed by atoms with van der Waals surface area (Å²) in [6.07, 6.45) is 7.84. The molecule has 0 atom stereocenters. The van der Waals surface area contributed by atoms with Crippen LogP contribution >= 0.6 is 0 Å². The summed E-state index contributed by atoms with van der Waals surface area (Å²) in [6, 6.07) is 8.54. The molecule has 0 aliphatic rings. The van der Waals surface area contributed by atoms with Crippen LogP contribution in [0.25, 0.3) is 6.08 Å². The lowest BCUT2D eigenvalue weighted by Gasteiger charge is -1.99. The largest absolute Gasteiger partial charge is 0.269 e. The first-order valence-electron chi connectivity index (χ1n) is 7.19. The normalized spacial score (nSPS) is 13.7. The minimum atomic E-state index is -0.408. The maximum Gasteiger partial charge on any atom is 0.269 e. The van der Waals surface area contributed by atoms with Gasteiger partial charge in [0.05, 0.1) is 11.0 Å². The predicted molar refractivity (Wildman–Crippen MR) is 93.6 cm³/mol. The van der Waals surface area contributed by atoms with E-state index in [1.54, 1.807) is 19.1 Å². The van der Waals surface area contributed by atoms with Gasteiger partial charge >= 0.3 is 0 Å². The molecular weight excluding hydrogens is 288 g/mol. The number of hydrogen-bond donors (Lipinski definition) is 0. The molecule has 0 saturated heterocycles. The summed E-state index contributed by atoms with van der Waals surface area (Å²) in [5.41, 5.74) is 4.80. The molecule has 0 unspecified atom stereocenters. The van der Waals surface area contributed by atoms with Crippen molar-refractivity contribution in [3.63, 3.8) is 0 Å². The van der Waals surface area contributed by atoms with Crippen LogP contribution in [0, 0.1) is 21.4 Å². The van der Waals surface area contributed by atoms with Gasteiger partial charge in [-0.3, -0.25) is 10.1 Å². The molecule has 0 saturated carbocycles. The summed E-state index contributed by atoms with van der Waals surface area (Å²) in [7, 11) is 0. The van der Waals surface area contributed by atoms with Crippen molar-refractivity contribution in [3.05, 3.63) is 80.5 Å². The molecule has 118 valence electrons. The average molecular weight is 308 g/mol. The minimum Gasteiger partial charge on any atom is -0.258 e. The Bertz CT molecular complexity index is 743. The molecule has 0 aliphatic heterocycles. The van der Waals surface area contributed by atoms with Crippen molar-refractivity contribution in [1.29, 1.82) is 5.26 Å². The highest BCUT2D eigenvalue weighted by Gasteiger charge is 2.02. The fourth-order valence-corrected chi connectivity index (χ4v) is 2.17. The van der Waals surface area contributed by atoms with E-state index in [0.29, 0.717) is 5.57 Å². The molecular formula is C19H20N2O2. The van der Waals surface area contributed by atoms with E-state index >= 15 is 0 Å². The highest BCUT2D eigenvalue weighted by molar-refractivity contribution is 5.57. The van der Waals surface area contributed by atoms with Crippen LogP contribution in [0.2, 0.25) is 0 Å². The summed E-state index contributed by atoms with van der Waals surface area (Å²) in [6.45, 7) is 7.69. The van der Waals surface area contributed by atoms with E-state index in [0.717, 1.165) is 22.3 Å². The summed E-state index contributed by atoms with van der Waals surface area (Å²) in [5, 5.41) is 19.4. The third-order valence-corrected chi connectivity index (χ3v) is 3.03. The number of non-ortho nitro benzene ring substituents is 1. The molecule has 0 fully saturated rings. The molecule has 0 heterocycles. The third kappa shape index (κ3) is 6.58. The maximum absolute atomic E-state index is 10.6. The van der Waals surface area contributed by atoms with Gasteiger partial charge in [-0.25, -0.2) is 0 Å². The molecule has 0 aliphatic carbocycles. The number of hydrogen-bond acceptors (Lipinski definition) is 3. The van der Waals surface area contributed by atoms with Gasteiger partial charge in [0.1, 0.15) is 0 Å². The van der Waals surface area contributed by atoms with Crippen molar-refractivity contribution in [2.45, 2.75) is 27.7 Å². The zero-order chi connectivity index (χ0) is 17.4. The molecule has 0 amide bonds. The number of nitro benzene ring substituents is 1. The third-order valence-electron chi connectivity index (χ3n) is 3.03. The Morgan fingerprint density at radius 1 is 1.00 bits per heavy atom. The van der Waals surface area contributed by atoms with Crippen LogP contribution in [-0.2, 0) is 0 Å². The SMILES string of the molecule is C/C(C#N)=C/C(C)=C/C(C)=C/C(C)=C/c1ccc([N+](=O)[O-])cc1. The van der Waals surface area contributed by atoms with E-state index in [4.69, 9.17) is 5.26 Å². The first kappa shape index (κ1) is 18.1. The molecule has 0 bridgehead atoms. The van der Waals surface area contributed by atoms with E-state index in [1.807, 2.05) is 45.1 Å². The first-order chi connectivity index (χ1) is 10.8. The zero-order valence-corrected chi connectivity index (χ0v) is 13.8. The van der Waals surface area contributed by atoms with Crippen molar-refractivity contribution in [3.8, 4) is 6.07 Å². The van der Waals surface area contributed by atoms with Gasteiger partial charge in [-0.1, -0.05) is 29.4 Å². The smallest absolute Gasteiger partial charge is 0.258 e. The lowest BCUT2D eigenvalue weighted by molar-refractivity contribution is -0.384. The quantitative estimate of drug-likeness (QED) is 0.318. The number of rotatable bonds is 5. The summed E-state index contributed by atoms with van der Waals surface area (Å²) in [5.74, 6) is 0. The lowest BCUT2D eigenvalue weighted by atomic mass is 10.1. The summed E-state index contributed by atoms with van der Waals surface area (Å²) in [4.78, 5) is 10.2. The molecule has 4 nitrogen and oxygen atoms in total. The van der Waals surface area contributed by atoms with Gasteiger partial charge in [0.15, 0.2) is 0 Å². The summed E-state index contributed by atoms with van der Waals surface area (Å²) >= 11 is 0. The molecule has 1 rings (SSSR count). The van der Waals surface area contributed by atoms with Crippen molar-refractivity contribution in [1.82, 2.24) is 0 Å². The molecule has 0 spiro atoms. The Morgan fingerprint density at radius 3 is 2.04 bits per heavy atom. The van der Waals surface area contributed by atoms with Gasteiger partial charge in [-0.2, -0.15) is 5.26 Å². The van der Waals surface area contributed by atoms with Crippen molar-refractivity contribution >= 4 is 11.8 Å². The van der Waals surface area contributed by atoms with Crippen LogP contribution in [0.15, 0.2) is 64.8 Å². The second-order valence-corrected chi connectivity index (χ2v) is 5.45. The highest BCUT2D eigenvalue weighted by atomic mass is 16.6. The number of nitriles is 1. The predicted octanol–water partition coefficient (Wildman–Crippen LogP) is 5.36. The number of nitrogens with zero attached hydrogens (tertiary/aromatic N) is 2. The van der Waals surface area contributed by atoms with E-state index in [2.05, 4.69) is 6.07 Å². The minimum absolute atomic E-state index is 0.0877. The van der Waals surface area contributed by atoms with Crippen LogP contribution < -0.4 is 0 Å². The van der Waals surface area contributed by atoms with Crippen LogP contribution in [0.5, 0.6) is 0 Å². The monoisotopic (exact) mass is 308 g/mol. The molecule has 1 aromatic rings. The Hall–Kier alpha value is -2.93.